The third-order valence-electron chi connectivity index (χ3n) is 4.18. The van der Waals surface area contributed by atoms with Crippen molar-refractivity contribution in [2.75, 3.05) is 7.11 Å². The molecule has 24 heavy (non-hydrogen) atoms. The molecule has 2 aromatic rings. The zero-order valence-electron chi connectivity index (χ0n) is 14.8. The van der Waals surface area contributed by atoms with Crippen molar-refractivity contribution < 1.29 is 9.53 Å². The zero-order chi connectivity index (χ0) is 18.1. The van der Waals surface area contributed by atoms with Crippen molar-refractivity contribution in [3.63, 3.8) is 0 Å². The van der Waals surface area contributed by atoms with Gasteiger partial charge in [0.25, 0.3) is 5.56 Å². The Bertz CT molecular complexity index is 816. The number of ether oxygens (including phenoxy) is 1. The number of amides is 1. The summed E-state index contributed by atoms with van der Waals surface area (Å²) in [5, 5.41) is 0. The number of nitrogens with two attached hydrogens (primary N) is 1. The molecule has 1 aromatic heterocycles. The molecule has 0 aliphatic carbocycles. The first kappa shape index (κ1) is 17.8. The number of H-pyrrole nitrogens is 1. The lowest BCUT2D eigenvalue weighted by Gasteiger charge is -2.25. The maximum atomic E-state index is 12.3. The minimum absolute atomic E-state index is 0.184. The summed E-state index contributed by atoms with van der Waals surface area (Å²) in [6.07, 6.45) is 1.58. The fourth-order valence-electron chi connectivity index (χ4n) is 2.73. The smallest absolute Gasteiger partial charge is 0.255 e. The van der Waals surface area contributed by atoms with Crippen molar-refractivity contribution in [2.45, 2.75) is 39.0 Å². The third kappa shape index (κ3) is 3.35. The van der Waals surface area contributed by atoms with Gasteiger partial charge in [0.15, 0.2) is 0 Å². The van der Waals surface area contributed by atoms with Crippen molar-refractivity contribution in [1.82, 2.24) is 4.98 Å². The first-order valence-corrected chi connectivity index (χ1v) is 7.86. The Morgan fingerprint density at radius 1 is 1.25 bits per heavy atom. The van der Waals surface area contributed by atoms with Crippen LogP contribution in [0.5, 0.6) is 5.75 Å². The number of hydrogen-bond donors (Lipinski definition) is 2. The van der Waals surface area contributed by atoms with Gasteiger partial charge in [0.05, 0.1) is 13.0 Å². The molecule has 0 aliphatic rings. The van der Waals surface area contributed by atoms with Gasteiger partial charge in [0.2, 0.25) is 5.91 Å². The molecule has 0 fully saturated rings. The van der Waals surface area contributed by atoms with Crippen LogP contribution in [-0.4, -0.2) is 18.0 Å². The van der Waals surface area contributed by atoms with E-state index in [2.05, 4.69) is 25.8 Å². The number of nitrogens with one attached hydrogen (secondary N) is 1. The number of pyridine rings is 1. The molecule has 1 aromatic carbocycles. The van der Waals surface area contributed by atoms with Crippen LogP contribution in [0.3, 0.4) is 0 Å². The first-order chi connectivity index (χ1) is 11.2. The van der Waals surface area contributed by atoms with Gasteiger partial charge in [-0.2, -0.15) is 0 Å². The molecule has 1 atom stereocenters. The van der Waals surface area contributed by atoms with E-state index >= 15 is 0 Å². The van der Waals surface area contributed by atoms with Crippen LogP contribution in [0.2, 0.25) is 0 Å². The fraction of sp³-hybridized carbons (Fsp3) is 0.368. The number of rotatable bonds is 4. The summed E-state index contributed by atoms with van der Waals surface area (Å²) in [5.74, 6) is -0.307. The Balaban J connectivity index is 2.86. The van der Waals surface area contributed by atoms with E-state index < -0.39 is 11.8 Å². The molecule has 0 saturated heterocycles. The van der Waals surface area contributed by atoms with Crippen LogP contribution in [0.1, 0.15) is 44.7 Å². The quantitative estimate of drug-likeness (QED) is 0.905. The largest absolute Gasteiger partial charge is 0.496 e. The Labute approximate surface area is 141 Å². The summed E-state index contributed by atoms with van der Waals surface area (Å²) in [4.78, 5) is 26.7. The van der Waals surface area contributed by atoms with Crippen molar-refractivity contribution in [1.29, 1.82) is 0 Å². The number of benzene rings is 1. The lowest BCUT2D eigenvalue weighted by Crippen LogP contribution is -2.21. The second-order valence-electron chi connectivity index (χ2n) is 6.93. The van der Waals surface area contributed by atoms with Crippen LogP contribution in [0.25, 0.3) is 11.1 Å². The van der Waals surface area contributed by atoms with E-state index in [0.29, 0.717) is 22.4 Å². The van der Waals surface area contributed by atoms with Crippen molar-refractivity contribution >= 4 is 5.91 Å². The summed E-state index contributed by atoms with van der Waals surface area (Å²) in [6, 6.07) is 7.25. The highest BCUT2D eigenvalue weighted by atomic mass is 16.5. The number of hydrogen-bond acceptors (Lipinski definition) is 3. The Morgan fingerprint density at radius 3 is 2.42 bits per heavy atom. The molecule has 128 valence electrons. The Kier molecular flexibility index (Phi) is 4.83. The lowest BCUT2D eigenvalue weighted by atomic mass is 9.81. The van der Waals surface area contributed by atoms with E-state index in [9.17, 15) is 9.59 Å². The average Bonchev–Trinajstić information content (AvgIpc) is 2.52. The maximum absolute atomic E-state index is 12.3. The average molecular weight is 328 g/mol. The summed E-state index contributed by atoms with van der Waals surface area (Å²) < 4.78 is 5.53. The van der Waals surface area contributed by atoms with Crippen LogP contribution >= 0.6 is 0 Å². The van der Waals surface area contributed by atoms with Crippen molar-refractivity contribution in [3.8, 4) is 16.9 Å². The highest BCUT2D eigenvalue weighted by Gasteiger charge is 2.25. The predicted octanol–water partition coefficient (Wildman–Crippen LogP) is 2.94. The van der Waals surface area contributed by atoms with E-state index in [0.717, 1.165) is 5.56 Å². The van der Waals surface area contributed by atoms with Gasteiger partial charge in [-0.25, -0.2) is 0 Å². The minimum atomic E-state index is -0.539. The van der Waals surface area contributed by atoms with E-state index in [1.807, 2.05) is 12.1 Å². The number of carbonyl (C=O) groups excluding carboxylic acids is 1. The summed E-state index contributed by atoms with van der Waals surface area (Å²) in [6.45, 7) is 7.94. The topological polar surface area (TPSA) is 85.2 Å². The standard InChI is InChI=1S/C19H24N2O3/c1-11(17(20)22)13-10-16(24-5)15(19(2,3)4)9-14(13)12-7-6-8-21-18(12)23/h6-11H,1-5H3,(H2,20,22)(H,21,23). The van der Waals surface area contributed by atoms with Crippen LogP contribution in [0.4, 0.5) is 0 Å². The molecule has 5 heteroatoms. The molecule has 1 amide bonds. The molecule has 1 heterocycles. The van der Waals surface area contributed by atoms with E-state index in [1.54, 1.807) is 32.4 Å². The van der Waals surface area contributed by atoms with Gasteiger partial charge in [-0.1, -0.05) is 20.8 Å². The molecule has 0 aliphatic heterocycles. The normalized spacial score (nSPS) is 12.7. The Hall–Kier alpha value is -2.56. The predicted molar refractivity (Wildman–Crippen MR) is 95.4 cm³/mol. The van der Waals surface area contributed by atoms with Crippen LogP contribution in [0, 0.1) is 0 Å². The summed E-state index contributed by atoms with van der Waals surface area (Å²) in [5.41, 5.74) is 7.97. The summed E-state index contributed by atoms with van der Waals surface area (Å²) >= 11 is 0. The lowest BCUT2D eigenvalue weighted by molar-refractivity contribution is -0.119. The Morgan fingerprint density at radius 2 is 1.92 bits per heavy atom. The molecule has 3 N–H and O–H groups in total. The molecule has 1 unspecified atom stereocenters. The van der Waals surface area contributed by atoms with Crippen LogP contribution in [0.15, 0.2) is 35.3 Å². The molecular weight excluding hydrogens is 304 g/mol. The number of carbonyl (C=O) groups is 1. The van der Waals surface area contributed by atoms with Crippen molar-refractivity contribution in [3.05, 3.63) is 51.9 Å². The summed E-state index contributed by atoms with van der Waals surface area (Å²) in [7, 11) is 1.60. The number of primary amides is 1. The third-order valence-corrected chi connectivity index (χ3v) is 4.18. The van der Waals surface area contributed by atoms with E-state index in [1.165, 1.54) is 0 Å². The molecule has 0 radical (unpaired) electrons. The van der Waals surface area contributed by atoms with Gasteiger partial charge in [0, 0.05) is 17.3 Å². The van der Waals surface area contributed by atoms with Gasteiger partial charge in [-0.15, -0.1) is 0 Å². The van der Waals surface area contributed by atoms with Gasteiger partial charge >= 0.3 is 0 Å². The molecule has 2 rings (SSSR count). The zero-order valence-corrected chi connectivity index (χ0v) is 14.8. The molecule has 0 spiro atoms. The number of methoxy groups -OCH3 is 1. The van der Waals surface area contributed by atoms with Gasteiger partial charge < -0.3 is 15.5 Å². The van der Waals surface area contributed by atoms with E-state index in [4.69, 9.17) is 10.5 Å². The van der Waals surface area contributed by atoms with Crippen LogP contribution in [-0.2, 0) is 10.2 Å². The number of aromatic amines is 1. The highest BCUT2D eigenvalue weighted by molar-refractivity contribution is 5.85. The number of aromatic nitrogens is 1. The molecule has 5 nitrogen and oxygen atoms in total. The maximum Gasteiger partial charge on any atom is 0.255 e. The van der Waals surface area contributed by atoms with Crippen LogP contribution < -0.4 is 16.0 Å². The molecule has 0 bridgehead atoms. The minimum Gasteiger partial charge on any atom is -0.496 e. The second-order valence-corrected chi connectivity index (χ2v) is 6.93. The highest BCUT2D eigenvalue weighted by Crippen LogP contribution is 2.39. The fourth-order valence-corrected chi connectivity index (χ4v) is 2.73. The second kappa shape index (κ2) is 6.51. The van der Waals surface area contributed by atoms with Gasteiger partial charge in [0.1, 0.15) is 5.75 Å². The monoisotopic (exact) mass is 328 g/mol. The van der Waals surface area contributed by atoms with Crippen molar-refractivity contribution in [2.24, 2.45) is 5.73 Å². The van der Waals surface area contributed by atoms with Gasteiger partial charge in [-0.3, -0.25) is 9.59 Å². The van der Waals surface area contributed by atoms with E-state index in [-0.39, 0.29) is 11.0 Å². The molecule has 0 saturated carbocycles. The first-order valence-electron chi connectivity index (χ1n) is 7.86. The SMILES string of the molecule is COc1cc(C(C)C(N)=O)c(-c2ccc[nH]c2=O)cc1C(C)(C)C. The van der Waals surface area contributed by atoms with Gasteiger partial charge in [-0.05, 0) is 47.7 Å². The molecular formula is C19H24N2O3.